The molecule has 24 heavy (non-hydrogen) atoms. The molecule has 0 aromatic heterocycles. The summed E-state index contributed by atoms with van der Waals surface area (Å²) < 4.78 is 14.8. The van der Waals surface area contributed by atoms with Crippen molar-refractivity contribution in [3.63, 3.8) is 0 Å². The van der Waals surface area contributed by atoms with Crippen molar-refractivity contribution >= 4 is 40.8 Å². The summed E-state index contributed by atoms with van der Waals surface area (Å²) in [7, 11) is 2.36. The molecule has 0 atom stereocenters. The van der Waals surface area contributed by atoms with Gasteiger partial charge in [0.2, 0.25) is 0 Å². The second-order valence-corrected chi connectivity index (χ2v) is 5.37. The largest absolute Gasteiger partial charge is 0.466 e. The average Bonchev–Trinajstić information content (AvgIpc) is 2.61. The molecule has 1 aliphatic heterocycles. The second kappa shape index (κ2) is 7.53. The number of hydrogen-bond acceptors (Lipinski definition) is 7. The molecular weight excluding hydrogens is 359 g/mol. The lowest BCUT2D eigenvalue weighted by atomic mass is 10.1. The number of carbonyl (C=O) groups is 2. The highest BCUT2D eigenvalue weighted by Gasteiger charge is 2.33. The van der Waals surface area contributed by atoms with Crippen molar-refractivity contribution in [2.75, 3.05) is 32.5 Å². The Labute approximate surface area is 147 Å². The molecule has 1 aromatic carbocycles. The van der Waals surface area contributed by atoms with E-state index in [-0.39, 0.29) is 45.9 Å². The van der Waals surface area contributed by atoms with Gasteiger partial charge in [-0.3, -0.25) is 0 Å². The van der Waals surface area contributed by atoms with Gasteiger partial charge in [0.25, 0.3) is 0 Å². The molecule has 0 spiro atoms. The summed E-state index contributed by atoms with van der Waals surface area (Å²) in [5.41, 5.74) is 0.199. The van der Waals surface area contributed by atoms with Crippen LogP contribution < -0.4 is 4.90 Å². The number of ether oxygens (including phenoxy) is 3. The van der Waals surface area contributed by atoms with Crippen molar-refractivity contribution in [2.45, 2.75) is 0 Å². The van der Waals surface area contributed by atoms with Crippen LogP contribution in [0.5, 0.6) is 0 Å². The third-order valence-corrected chi connectivity index (χ3v) is 4.11. The standard InChI is InChI=1S/C15H12Cl2N2O5/c1-22-14(20)9-6-24-7-19(13(9)15(21)23-2)11-4-3-10(16)12(17)8(11)5-18/h3-4H,6-7H2,1-2H3. The highest BCUT2D eigenvalue weighted by molar-refractivity contribution is 6.43. The third-order valence-electron chi connectivity index (χ3n) is 3.31. The Morgan fingerprint density at radius 1 is 1.25 bits per heavy atom. The number of benzene rings is 1. The van der Waals surface area contributed by atoms with E-state index < -0.39 is 11.9 Å². The second-order valence-electron chi connectivity index (χ2n) is 4.58. The molecule has 0 fully saturated rings. The van der Waals surface area contributed by atoms with Crippen LogP contribution in [0.2, 0.25) is 10.0 Å². The van der Waals surface area contributed by atoms with Crippen LogP contribution in [0, 0.1) is 11.3 Å². The number of nitriles is 1. The number of rotatable bonds is 3. The monoisotopic (exact) mass is 370 g/mol. The van der Waals surface area contributed by atoms with Crippen LogP contribution >= 0.6 is 23.2 Å². The summed E-state index contributed by atoms with van der Waals surface area (Å²) in [4.78, 5) is 25.5. The summed E-state index contributed by atoms with van der Waals surface area (Å²) in [6, 6.07) is 4.91. The van der Waals surface area contributed by atoms with E-state index in [0.29, 0.717) is 0 Å². The number of anilines is 1. The van der Waals surface area contributed by atoms with E-state index in [1.807, 2.05) is 6.07 Å². The van der Waals surface area contributed by atoms with Crippen molar-refractivity contribution in [1.82, 2.24) is 0 Å². The first-order chi connectivity index (χ1) is 11.5. The van der Waals surface area contributed by atoms with E-state index in [2.05, 4.69) is 4.74 Å². The summed E-state index contributed by atoms with van der Waals surface area (Å²) in [6.45, 7) is -0.214. The van der Waals surface area contributed by atoms with E-state index in [0.717, 1.165) is 0 Å². The van der Waals surface area contributed by atoms with Gasteiger partial charge in [-0.1, -0.05) is 23.2 Å². The first kappa shape index (κ1) is 18.1. The maximum atomic E-state index is 12.2. The van der Waals surface area contributed by atoms with Crippen molar-refractivity contribution in [1.29, 1.82) is 5.26 Å². The third kappa shape index (κ3) is 3.17. The van der Waals surface area contributed by atoms with Gasteiger partial charge in [-0.25, -0.2) is 9.59 Å². The number of methoxy groups -OCH3 is 2. The van der Waals surface area contributed by atoms with Gasteiger partial charge < -0.3 is 19.1 Å². The average molecular weight is 371 g/mol. The fourth-order valence-corrected chi connectivity index (χ4v) is 2.56. The molecule has 126 valence electrons. The lowest BCUT2D eigenvalue weighted by molar-refractivity contribution is -0.140. The van der Waals surface area contributed by atoms with Crippen molar-refractivity contribution in [3.05, 3.63) is 39.0 Å². The molecule has 1 aromatic rings. The highest BCUT2D eigenvalue weighted by Crippen LogP contribution is 2.36. The molecule has 0 amide bonds. The number of carbonyl (C=O) groups excluding carboxylic acids is 2. The first-order valence-electron chi connectivity index (χ1n) is 6.59. The normalized spacial score (nSPS) is 14.2. The van der Waals surface area contributed by atoms with Gasteiger partial charge in [-0.2, -0.15) is 5.26 Å². The van der Waals surface area contributed by atoms with Crippen molar-refractivity contribution < 1.29 is 23.8 Å². The number of hydrogen-bond donors (Lipinski definition) is 0. The Hall–Kier alpha value is -2.27. The Kier molecular flexibility index (Phi) is 5.67. The van der Waals surface area contributed by atoms with E-state index in [1.165, 1.54) is 31.3 Å². The van der Waals surface area contributed by atoms with Crippen LogP contribution in [-0.4, -0.2) is 39.5 Å². The van der Waals surface area contributed by atoms with Crippen LogP contribution in [0.3, 0.4) is 0 Å². The summed E-state index contributed by atoms with van der Waals surface area (Å²) >= 11 is 12.0. The molecule has 1 aliphatic rings. The molecule has 1 heterocycles. The molecule has 0 saturated heterocycles. The van der Waals surface area contributed by atoms with E-state index in [1.54, 1.807) is 0 Å². The van der Waals surface area contributed by atoms with Gasteiger partial charge in [0.05, 0.1) is 47.7 Å². The van der Waals surface area contributed by atoms with Crippen LogP contribution in [0.25, 0.3) is 0 Å². The van der Waals surface area contributed by atoms with Gasteiger partial charge in [0, 0.05) is 0 Å². The van der Waals surface area contributed by atoms with Gasteiger partial charge in [0.1, 0.15) is 18.5 Å². The van der Waals surface area contributed by atoms with Gasteiger partial charge in [0.15, 0.2) is 0 Å². The highest BCUT2D eigenvalue weighted by atomic mass is 35.5. The molecule has 0 bridgehead atoms. The zero-order chi connectivity index (χ0) is 17.9. The van der Waals surface area contributed by atoms with Crippen LogP contribution in [0.1, 0.15) is 5.56 Å². The molecular formula is C15H12Cl2N2O5. The molecule has 0 radical (unpaired) electrons. The zero-order valence-corrected chi connectivity index (χ0v) is 14.3. The summed E-state index contributed by atoms with van der Waals surface area (Å²) in [5.74, 6) is -1.51. The molecule has 9 heteroatoms. The molecule has 7 nitrogen and oxygen atoms in total. The van der Waals surface area contributed by atoms with Crippen molar-refractivity contribution in [3.8, 4) is 6.07 Å². The van der Waals surface area contributed by atoms with Crippen LogP contribution in [0.15, 0.2) is 23.4 Å². The lowest BCUT2D eigenvalue weighted by Crippen LogP contribution is -2.39. The maximum absolute atomic E-state index is 12.2. The maximum Gasteiger partial charge on any atom is 0.355 e. The predicted octanol–water partition coefficient (Wildman–Crippen LogP) is 2.26. The van der Waals surface area contributed by atoms with Crippen LogP contribution in [0.4, 0.5) is 5.69 Å². The fraction of sp³-hybridized carbons (Fsp3) is 0.267. The molecule has 2 rings (SSSR count). The van der Waals surface area contributed by atoms with Gasteiger partial charge in [-0.05, 0) is 12.1 Å². The van der Waals surface area contributed by atoms with Gasteiger partial charge in [-0.15, -0.1) is 0 Å². The van der Waals surface area contributed by atoms with E-state index in [9.17, 15) is 14.9 Å². The fourth-order valence-electron chi connectivity index (χ4n) is 2.21. The molecule has 0 saturated carbocycles. The Bertz CT molecular complexity index is 770. The zero-order valence-electron chi connectivity index (χ0n) is 12.8. The lowest BCUT2D eigenvalue weighted by Gasteiger charge is -2.32. The molecule has 0 unspecified atom stereocenters. The topological polar surface area (TPSA) is 88.9 Å². The van der Waals surface area contributed by atoms with E-state index >= 15 is 0 Å². The number of esters is 2. The Morgan fingerprint density at radius 3 is 2.50 bits per heavy atom. The Balaban J connectivity index is 2.69. The Morgan fingerprint density at radius 2 is 1.92 bits per heavy atom. The van der Waals surface area contributed by atoms with Gasteiger partial charge >= 0.3 is 11.9 Å². The minimum Gasteiger partial charge on any atom is -0.466 e. The minimum absolute atomic E-state index is 0.0226. The number of halogens is 2. The quantitative estimate of drug-likeness (QED) is 0.753. The molecule has 0 aliphatic carbocycles. The minimum atomic E-state index is -0.770. The molecule has 0 N–H and O–H groups in total. The summed E-state index contributed by atoms with van der Waals surface area (Å²) in [6.07, 6.45) is 0. The SMILES string of the molecule is COC(=O)C1=C(C(=O)OC)N(c2ccc(Cl)c(Cl)c2C#N)COC1. The first-order valence-corrected chi connectivity index (χ1v) is 7.35. The number of nitrogens with zero attached hydrogens (tertiary/aromatic N) is 2. The van der Waals surface area contributed by atoms with Crippen molar-refractivity contribution in [2.24, 2.45) is 0 Å². The van der Waals surface area contributed by atoms with Crippen LogP contribution in [-0.2, 0) is 23.8 Å². The van der Waals surface area contributed by atoms with E-state index in [4.69, 9.17) is 32.7 Å². The predicted molar refractivity (Wildman–Crippen MR) is 85.5 cm³/mol. The summed E-state index contributed by atoms with van der Waals surface area (Å²) in [5, 5.41) is 9.59. The smallest absolute Gasteiger partial charge is 0.355 e.